The smallest absolute Gasteiger partial charge is 0.135 e. The van der Waals surface area contributed by atoms with E-state index in [9.17, 15) is 5.11 Å². The van der Waals surface area contributed by atoms with Crippen LogP contribution in [0.4, 0.5) is 0 Å². The van der Waals surface area contributed by atoms with Gasteiger partial charge in [-0.1, -0.05) is 23.2 Å². The molecular weight excluding hydrogens is 333 g/mol. The minimum absolute atomic E-state index is 0. The molecule has 1 aromatic heterocycles. The summed E-state index contributed by atoms with van der Waals surface area (Å²) in [6, 6.07) is 9.06. The number of aliphatic hydroxyl groups excluding tert-OH is 1. The molecule has 116 valence electrons. The van der Waals surface area contributed by atoms with Gasteiger partial charge in [-0.25, -0.2) is 0 Å². The Balaban J connectivity index is 0.00000220. The summed E-state index contributed by atoms with van der Waals surface area (Å²) in [7, 11) is 0. The zero-order valence-electron chi connectivity index (χ0n) is 11.8. The minimum Gasteiger partial charge on any atom is -1.00 e. The highest BCUT2D eigenvalue weighted by Crippen LogP contribution is 2.31. The molecule has 1 heterocycles. The molecule has 0 fully saturated rings. The van der Waals surface area contributed by atoms with Crippen LogP contribution in [-0.4, -0.2) is 17.3 Å². The fourth-order valence-electron chi connectivity index (χ4n) is 1.69. The Morgan fingerprint density at radius 3 is 2.52 bits per heavy atom. The Morgan fingerprint density at radius 1 is 1.19 bits per heavy atom. The van der Waals surface area contributed by atoms with E-state index in [4.69, 9.17) is 27.6 Å². The average Bonchev–Trinajstić information content (AvgIpc) is 2.85. The molecule has 6 heteroatoms. The number of rotatable bonds is 5. The summed E-state index contributed by atoms with van der Waals surface area (Å²) < 4.78 is 5.76. The van der Waals surface area contributed by atoms with Crippen LogP contribution in [0.1, 0.15) is 19.6 Å². The molecule has 0 aliphatic rings. The van der Waals surface area contributed by atoms with Gasteiger partial charge in [0.25, 0.3) is 0 Å². The number of furan rings is 1. The van der Waals surface area contributed by atoms with Gasteiger partial charge in [-0.05, 0) is 44.2 Å². The number of hydrogen-bond donors (Lipinski definition) is 2. The van der Waals surface area contributed by atoms with Crippen molar-refractivity contribution >= 4 is 23.2 Å². The maximum absolute atomic E-state index is 9.19. The molecule has 0 spiro atoms. The van der Waals surface area contributed by atoms with Crippen LogP contribution in [0.3, 0.4) is 0 Å². The molecule has 1 aromatic carbocycles. The summed E-state index contributed by atoms with van der Waals surface area (Å²) in [5, 5.41) is 13.6. The summed E-state index contributed by atoms with van der Waals surface area (Å²) >= 11 is 12.0. The van der Waals surface area contributed by atoms with E-state index < -0.39 is 0 Å². The van der Waals surface area contributed by atoms with Crippen LogP contribution in [0.5, 0.6) is 0 Å². The van der Waals surface area contributed by atoms with E-state index in [0.717, 1.165) is 11.3 Å². The van der Waals surface area contributed by atoms with Gasteiger partial charge in [0.1, 0.15) is 11.5 Å². The van der Waals surface area contributed by atoms with Gasteiger partial charge in [0.2, 0.25) is 0 Å². The molecule has 0 atom stereocenters. The summed E-state index contributed by atoms with van der Waals surface area (Å²) in [6.45, 7) is 4.45. The molecule has 3 nitrogen and oxygen atoms in total. The SMILES string of the molecule is CC(C)(CO)NCc1ccc(-c2ccc(Cl)cc2Cl)o1.[Cl-]. The molecule has 0 bridgehead atoms. The number of hydrogen-bond acceptors (Lipinski definition) is 3. The zero-order chi connectivity index (χ0) is 14.8. The largest absolute Gasteiger partial charge is 1.00 e. The van der Waals surface area contributed by atoms with Crippen molar-refractivity contribution in [3.63, 3.8) is 0 Å². The van der Waals surface area contributed by atoms with Crippen molar-refractivity contribution in [2.45, 2.75) is 25.9 Å². The van der Waals surface area contributed by atoms with E-state index in [-0.39, 0.29) is 24.6 Å². The van der Waals surface area contributed by atoms with Crippen molar-refractivity contribution in [2.24, 2.45) is 0 Å². The van der Waals surface area contributed by atoms with E-state index in [0.29, 0.717) is 22.4 Å². The van der Waals surface area contributed by atoms with Gasteiger partial charge in [0.15, 0.2) is 0 Å². The first kappa shape index (κ1) is 18.3. The van der Waals surface area contributed by atoms with Crippen molar-refractivity contribution in [2.75, 3.05) is 6.61 Å². The van der Waals surface area contributed by atoms with Gasteiger partial charge >= 0.3 is 0 Å². The maximum atomic E-state index is 9.19. The summed E-state index contributed by atoms with van der Waals surface area (Å²) in [5.74, 6) is 1.48. The molecule has 0 saturated carbocycles. The number of benzene rings is 1. The predicted octanol–water partition coefficient (Wildman–Crippen LogP) is 1.12. The Labute approximate surface area is 140 Å². The molecule has 0 amide bonds. The highest BCUT2D eigenvalue weighted by Gasteiger charge is 2.16. The molecule has 21 heavy (non-hydrogen) atoms. The lowest BCUT2D eigenvalue weighted by Gasteiger charge is -2.22. The third-order valence-corrected chi connectivity index (χ3v) is 3.54. The van der Waals surface area contributed by atoms with Crippen LogP contribution in [0.15, 0.2) is 34.7 Å². The monoisotopic (exact) mass is 348 g/mol. The van der Waals surface area contributed by atoms with Crippen LogP contribution < -0.4 is 17.7 Å². The Hall–Kier alpha value is -0.710. The van der Waals surface area contributed by atoms with E-state index >= 15 is 0 Å². The maximum Gasteiger partial charge on any atom is 0.135 e. The van der Waals surface area contributed by atoms with Crippen molar-refractivity contribution in [1.82, 2.24) is 5.32 Å². The van der Waals surface area contributed by atoms with E-state index in [2.05, 4.69) is 5.32 Å². The van der Waals surface area contributed by atoms with Crippen LogP contribution >= 0.6 is 23.2 Å². The second kappa shape index (κ2) is 7.52. The van der Waals surface area contributed by atoms with E-state index in [1.807, 2.05) is 32.0 Å². The number of aliphatic hydroxyl groups is 1. The van der Waals surface area contributed by atoms with Crippen molar-refractivity contribution in [1.29, 1.82) is 0 Å². The normalized spacial score (nSPS) is 11.3. The minimum atomic E-state index is -0.342. The van der Waals surface area contributed by atoms with Crippen LogP contribution in [0, 0.1) is 0 Å². The lowest BCUT2D eigenvalue weighted by Crippen LogP contribution is -3.00. The molecule has 2 rings (SSSR count). The van der Waals surface area contributed by atoms with Crippen LogP contribution in [0.25, 0.3) is 11.3 Å². The quantitative estimate of drug-likeness (QED) is 0.850. The molecule has 2 aromatic rings. The fraction of sp³-hybridized carbons (Fsp3) is 0.333. The molecule has 0 saturated heterocycles. The van der Waals surface area contributed by atoms with Gasteiger partial charge < -0.3 is 27.2 Å². The summed E-state index contributed by atoms with van der Waals surface area (Å²) in [6.07, 6.45) is 0. The third kappa shape index (κ3) is 4.90. The number of nitrogens with one attached hydrogen (secondary N) is 1. The Bertz CT molecular complexity index is 596. The van der Waals surface area contributed by atoms with E-state index in [1.54, 1.807) is 12.1 Å². The zero-order valence-corrected chi connectivity index (χ0v) is 14.1. The van der Waals surface area contributed by atoms with Gasteiger partial charge in [0, 0.05) is 16.1 Å². The second-order valence-corrected chi connectivity index (χ2v) is 6.13. The number of halogens is 3. The second-order valence-electron chi connectivity index (χ2n) is 5.29. The fourth-order valence-corrected chi connectivity index (χ4v) is 2.19. The Morgan fingerprint density at radius 2 is 1.90 bits per heavy atom. The first-order valence-corrected chi connectivity index (χ1v) is 7.07. The van der Waals surface area contributed by atoms with Crippen molar-refractivity contribution in [3.05, 3.63) is 46.1 Å². The van der Waals surface area contributed by atoms with E-state index in [1.165, 1.54) is 0 Å². The third-order valence-electron chi connectivity index (χ3n) is 2.99. The lowest BCUT2D eigenvalue weighted by atomic mass is 10.1. The molecule has 0 aliphatic heterocycles. The first-order chi connectivity index (χ1) is 9.41. The van der Waals surface area contributed by atoms with Gasteiger partial charge in [0.05, 0.1) is 18.2 Å². The molecular formula is C15H17Cl3NO2-. The van der Waals surface area contributed by atoms with Gasteiger partial charge in [-0.15, -0.1) is 0 Å². The summed E-state index contributed by atoms with van der Waals surface area (Å²) in [4.78, 5) is 0. The molecule has 0 unspecified atom stereocenters. The average molecular weight is 350 g/mol. The standard InChI is InChI=1S/C15H17Cl2NO2.ClH/c1-15(2,9-19)18-8-11-4-6-14(20-11)12-5-3-10(16)7-13(12)17;/h3-7,18-19H,8-9H2,1-2H3;1H/p-1. The predicted molar refractivity (Wildman–Crippen MR) is 82.2 cm³/mol. The van der Waals surface area contributed by atoms with Crippen LogP contribution in [0.2, 0.25) is 10.0 Å². The van der Waals surface area contributed by atoms with Gasteiger partial charge in [-0.2, -0.15) is 0 Å². The van der Waals surface area contributed by atoms with Crippen molar-refractivity contribution in [3.8, 4) is 11.3 Å². The topological polar surface area (TPSA) is 45.4 Å². The van der Waals surface area contributed by atoms with Gasteiger partial charge in [-0.3, -0.25) is 0 Å². The molecule has 2 N–H and O–H groups in total. The highest BCUT2D eigenvalue weighted by atomic mass is 35.5. The lowest BCUT2D eigenvalue weighted by molar-refractivity contribution is -0.00000547. The molecule has 0 radical (unpaired) electrons. The summed E-state index contributed by atoms with van der Waals surface area (Å²) in [5.41, 5.74) is 0.467. The molecule has 0 aliphatic carbocycles. The highest BCUT2D eigenvalue weighted by molar-refractivity contribution is 6.36. The van der Waals surface area contributed by atoms with Crippen molar-refractivity contribution < 1.29 is 21.9 Å². The van der Waals surface area contributed by atoms with Crippen LogP contribution in [-0.2, 0) is 6.54 Å². The Kier molecular flexibility index (Phi) is 6.57. The first-order valence-electron chi connectivity index (χ1n) is 6.31.